The molecule has 0 aromatic heterocycles. The van der Waals surface area contributed by atoms with Crippen molar-refractivity contribution in [3.05, 3.63) is 0 Å². The third-order valence-electron chi connectivity index (χ3n) is 4.53. The molecule has 20 heavy (non-hydrogen) atoms. The normalized spacial score (nSPS) is 18.1. The number of amides is 2. The van der Waals surface area contributed by atoms with Crippen molar-refractivity contribution in [1.29, 1.82) is 0 Å². The van der Waals surface area contributed by atoms with Crippen LogP contribution in [-0.4, -0.2) is 52.6 Å². The van der Waals surface area contributed by atoms with Crippen LogP contribution in [0.25, 0.3) is 0 Å². The highest BCUT2D eigenvalue weighted by molar-refractivity contribution is 5.76. The Morgan fingerprint density at radius 3 is 2.25 bits per heavy atom. The van der Waals surface area contributed by atoms with Gasteiger partial charge in [0, 0.05) is 25.7 Å². The van der Waals surface area contributed by atoms with Crippen LogP contribution in [0.1, 0.15) is 53.4 Å². The van der Waals surface area contributed by atoms with Crippen molar-refractivity contribution in [3.63, 3.8) is 0 Å². The fraction of sp³-hybridized carbons (Fsp3) is 0.867. The summed E-state index contributed by atoms with van der Waals surface area (Å²) in [5.74, 6) is -0.861. The van der Waals surface area contributed by atoms with E-state index in [0.717, 1.165) is 32.4 Å². The molecule has 0 aromatic carbocycles. The highest BCUT2D eigenvalue weighted by Crippen LogP contribution is 2.34. The number of likely N-dealkylation sites (tertiary alicyclic amines) is 1. The Labute approximate surface area is 121 Å². The van der Waals surface area contributed by atoms with Crippen LogP contribution in [-0.2, 0) is 4.79 Å². The number of piperidine rings is 1. The van der Waals surface area contributed by atoms with Gasteiger partial charge < -0.3 is 14.9 Å². The average molecular weight is 284 g/mol. The van der Waals surface area contributed by atoms with Gasteiger partial charge in [0.05, 0.1) is 6.42 Å². The molecule has 5 heteroatoms. The van der Waals surface area contributed by atoms with Crippen LogP contribution in [0.4, 0.5) is 4.79 Å². The summed E-state index contributed by atoms with van der Waals surface area (Å²) in [6, 6.07) is 0.0146. The number of hydrogen-bond donors (Lipinski definition) is 1. The molecule has 1 rings (SSSR count). The van der Waals surface area contributed by atoms with Crippen LogP contribution in [0.5, 0.6) is 0 Å². The Morgan fingerprint density at radius 2 is 1.85 bits per heavy atom. The standard InChI is InChI=1S/C15H28N2O3/c1-5-15(4)7-10-16(11-8-15)14(20)17(12(2)3)9-6-13(18)19/h12H,5-11H2,1-4H3,(H,18,19). The number of rotatable bonds is 5. The molecule has 0 saturated carbocycles. The van der Waals surface area contributed by atoms with Crippen molar-refractivity contribution in [2.75, 3.05) is 19.6 Å². The maximum atomic E-state index is 12.5. The van der Waals surface area contributed by atoms with Crippen molar-refractivity contribution in [2.45, 2.75) is 59.4 Å². The summed E-state index contributed by atoms with van der Waals surface area (Å²) in [4.78, 5) is 26.8. The minimum absolute atomic E-state index is 0.00440. The van der Waals surface area contributed by atoms with Gasteiger partial charge >= 0.3 is 12.0 Å². The molecular weight excluding hydrogens is 256 g/mol. The first-order valence-corrected chi connectivity index (χ1v) is 7.56. The molecule has 0 aliphatic carbocycles. The molecule has 2 amide bonds. The lowest BCUT2D eigenvalue weighted by molar-refractivity contribution is -0.137. The summed E-state index contributed by atoms with van der Waals surface area (Å²) in [6.07, 6.45) is 3.20. The van der Waals surface area contributed by atoms with Gasteiger partial charge in [-0.15, -0.1) is 0 Å². The molecule has 0 spiro atoms. The fourth-order valence-corrected chi connectivity index (χ4v) is 2.56. The Bertz CT molecular complexity index is 347. The Balaban J connectivity index is 2.60. The smallest absolute Gasteiger partial charge is 0.320 e. The Morgan fingerprint density at radius 1 is 1.30 bits per heavy atom. The largest absolute Gasteiger partial charge is 0.481 e. The van der Waals surface area contributed by atoms with E-state index in [9.17, 15) is 9.59 Å². The zero-order chi connectivity index (χ0) is 15.3. The number of carboxylic acids is 1. The van der Waals surface area contributed by atoms with E-state index in [-0.39, 0.29) is 25.0 Å². The first-order valence-electron chi connectivity index (χ1n) is 7.56. The number of aliphatic carboxylic acids is 1. The third kappa shape index (κ3) is 4.39. The molecule has 1 aliphatic rings. The minimum Gasteiger partial charge on any atom is -0.481 e. The first-order chi connectivity index (χ1) is 9.29. The van der Waals surface area contributed by atoms with Crippen LogP contribution >= 0.6 is 0 Å². The zero-order valence-corrected chi connectivity index (χ0v) is 13.2. The van der Waals surface area contributed by atoms with Crippen LogP contribution in [0.2, 0.25) is 0 Å². The van der Waals surface area contributed by atoms with Crippen LogP contribution in [0.3, 0.4) is 0 Å². The number of urea groups is 1. The van der Waals surface area contributed by atoms with E-state index < -0.39 is 5.97 Å². The van der Waals surface area contributed by atoms with E-state index in [0.29, 0.717) is 5.41 Å². The summed E-state index contributed by atoms with van der Waals surface area (Å²) in [5, 5.41) is 8.79. The van der Waals surface area contributed by atoms with E-state index in [1.165, 1.54) is 0 Å². The zero-order valence-electron chi connectivity index (χ0n) is 13.2. The lowest BCUT2D eigenvalue weighted by Crippen LogP contribution is -2.51. The number of carbonyl (C=O) groups is 2. The molecule has 1 saturated heterocycles. The molecule has 0 atom stereocenters. The molecule has 5 nitrogen and oxygen atoms in total. The van der Waals surface area contributed by atoms with Crippen LogP contribution in [0.15, 0.2) is 0 Å². The van der Waals surface area contributed by atoms with Crippen molar-refractivity contribution in [1.82, 2.24) is 9.80 Å². The van der Waals surface area contributed by atoms with E-state index in [1.54, 1.807) is 4.90 Å². The van der Waals surface area contributed by atoms with Gasteiger partial charge in [0.1, 0.15) is 0 Å². The summed E-state index contributed by atoms with van der Waals surface area (Å²) >= 11 is 0. The van der Waals surface area contributed by atoms with Gasteiger partial charge in [-0.05, 0) is 32.1 Å². The predicted octanol–water partition coefficient (Wildman–Crippen LogP) is 2.80. The lowest BCUT2D eigenvalue weighted by Gasteiger charge is -2.41. The molecule has 1 heterocycles. The second kappa shape index (κ2) is 6.95. The Kier molecular flexibility index (Phi) is 5.84. The lowest BCUT2D eigenvalue weighted by atomic mass is 9.78. The van der Waals surface area contributed by atoms with Gasteiger partial charge in [-0.2, -0.15) is 0 Å². The van der Waals surface area contributed by atoms with Crippen molar-refractivity contribution < 1.29 is 14.7 Å². The SMILES string of the molecule is CCC1(C)CCN(C(=O)N(CCC(=O)O)C(C)C)CC1. The van der Waals surface area contributed by atoms with E-state index >= 15 is 0 Å². The summed E-state index contributed by atoms with van der Waals surface area (Å²) in [5.41, 5.74) is 0.348. The quantitative estimate of drug-likeness (QED) is 0.844. The molecule has 1 fully saturated rings. The molecule has 0 aromatic rings. The number of nitrogens with zero attached hydrogens (tertiary/aromatic N) is 2. The van der Waals surface area contributed by atoms with Gasteiger partial charge in [0.15, 0.2) is 0 Å². The fourth-order valence-electron chi connectivity index (χ4n) is 2.56. The summed E-state index contributed by atoms with van der Waals surface area (Å²) in [7, 11) is 0. The van der Waals surface area contributed by atoms with E-state index in [1.807, 2.05) is 18.7 Å². The summed E-state index contributed by atoms with van der Waals surface area (Å²) < 4.78 is 0. The number of carboxylic acid groups (broad SMARTS) is 1. The van der Waals surface area contributed by atoms with Crippen LogP contribution < -0.4 is 0 Å². The van der Waals surface area contributed by atoms with Gasteiger partial charge in [0.25, 0.3) is 0 Å². The first kappa shape index (κ1) is 16.8. The molecule has 0 radical (unpaired) electrons. The van der Waals surface area contributed by atoms with E-state index in [4.69, 9.17) is 5.11 Å². The van der Waals surface area contributed by atoms with Crippen molar-refractivity contribution in [2.24, 2.45) is 5.41 Å². The molecule has 0 bridgehead atoms. The molecule has 1 N–H and O–H groups in total. The van der Waals surface area contributed by atoms with Crippen molar-refractivity contribution in [3.8, 4) is 0 Å². The Hall–Kier alpha value is -1.26. The highest BCUT2D eigenvalue weighted by Gasteiger charge is 2.32. The topological polar surface area (TPSA) is 60.9 Å². The molecule has 1 aliphatic heterocycles. The van der Waals surface area contributed by atoms with Gasteiger partial charge in [-0.1, -0.05) is 20.3 Å². The number of hydrogen-bond acceptors (Lipinski definition) is 2. The molecule has 0 unspecified atom stereocenters. The number of carbonyl (C=O) groups excluding carboxylic acids is 1. The maximum Gasteiger partial charge on any atom is 0.320 e. The van der Waals surface area contributed by atoms with E-state index in [2.05, 4.69) is 13.8 Å². The average Bonchev–Trinajstić information content (AvgIpc) is 2.38. The predicted molar refractivity (Wildman–Crippen MR) is 78.7 cm³/mol. The third-order valence-corrected chi connectivity index (χ3v) is 4.53. The highest BCUT2D eigenvalue weighted by atomic mass is 16.4. The second-order valence-electron chi connectivity index (χ2n) is 6.36. The monoisotopic (exact) mass is 284 g/mol. The second-order valence-corrected chi connectivity index (χ2v) is 6.36. The summed E-state index contributed by atoms with van der Waals surface area (Å²) in [6.45, 7) is 10.2. The maximum absolute atomic E-state index is 12.5. The van der Waals surface area contributed by atoms with Gasteiger partial charge in [0.2, 0.25) is 0 Å². The van der Waals surface area contributed by atoms with Gasteiger partial charge in [-0.3, -0.25) is 4.79 Å². The van der Waals surface area contributed by atoms with Crippen molar-refractivity contribution >= 4 is 12.0 Å². The molecular formula is C15H28N2O3. The molecule has 116 valence electrons. The van der Waals surface area contributed by atoms with Crippen LogP contribution in [0, 0.1) is 5.41 Å². The minimum atomic E-state index is -0.861. The van der Waals surface area contributed by atoms with Gasteiger partial charge in [-0.25, -0.2) is 4.79 Å².